The van der Waals surface area contributed by atoms with Gasteiger partial charge in [0, 0.05) is 38.9 Å². The molecule has 7 nitrogen and oxygen atoms in total. The van der Waals surface area contributed by atoms with Crippen LogP contribution in [0.1, 0.15) is 52.7 Å². The standard InChI is InChI=1S/C28H31Cl2N2O5P/c1-27(2,3)36-38(35,37-28(4,5)6)17-19-9-7-18(8-10-19)16-31-24-12-11-20(29)13-22(24)23-14-21(30)15-25(26(23)31)32(33)34/h7-15H,16-17H2,1-6H3. The number of hydrogen-bond acceptors (Lipinski definition) is 5. The third kappa shape index (κ3) is 6.59. The van der Waals surface area contributed by atoms with Crippen LogP contribution in [0.4, 0.5) is 5.69 Å². The number of benzene rings is 3. The molecule has 1 aromatic heterocycles. The molecule has 0 radical (unpaired) electrons. The zero-order valence-electron chi connectivity index (χ0n) is 22.2. The fraction of sp³-hybridized carbons (Fsp3) is 0.357. The Balaban J connectivity index is 1.72. The summed E-state index contributed by atoms with van der Waals surface area (Å²) < 4.78 is 27.4. The van der Waals surface area contributed by atoms with Gasteiger partial charge in [-0.15, -0.1) is 0 Å². The lowest BCUT2D eigenvalue weighted by Crippen LogP contribution is -2.24. The van der Waals surface area contributed by atoms with Gasteiger partial charge in [0.25, 0.3) is 5.69 Å². The number of nitro groups is 1. The summed E-state index contributed by atoms with van der Waals surface area (Å²) in [4.78, 5) is 11.5. The van der Waals surface area contributed by atoms with Crippen molar-refractivity contribution in [1.82, 2.24) is 4.57 Å². The quantitative estimate of drug-likeness (QED) is 0.124. The largest absolute Gasteiger partial charge is 0.336 e. The highest BCUT2D eigenvalue weighted by atomic mass is 35.5. The molecule has 0 aliphatic rings. The molecule has 0 atom stereocenters. The number of non-ortho nitro benzene ring substituents is 1. The van der Waals surface area contributed by atoms with Crippen LogP contribution < -0.4 is 0 Å². The lowest BCUT2D eigenvalue weighted by molar-refractivity contribution is -0.383. The number of rotatable bonds is 7. The Morgan fingerprint density at radius 3 is 1.95 bits per heavy atom. The second-order valence-electron chi connectivity index (χ2n) is 11.3. The molecule has 4 aromatic rings. The first-order valence-electron chi connectivity index (χ1n) is 12.2. The van der Waals surface area contributed by atoms with E-state index in [4.69, 9.17) is 32.2 Å². The van der Waals surface area contributed by atoms with E-state index >= 15 is 0 Å². The van der Waals surface area contributed by atoms with Crippen molar-refractivity contribution in [1.29, 1.82) is 0 Å². The average Bonchev–Trinajstić information content (AvgIpc) is 3.04. The van der Waals surface area contributed by atoms with E-state index in [0.717, 1.165) is 22.0 Å². The smallest absolute Gasteiger partial charge is 0.330 e. The van der Waals surface area contributed by atoms with Gasteiger partial charge in [-0.3, -0.25) is 14.7 Å². The first-order chi connectivity index (χ1) is 17.5. The van der Waals surface area contributed by atoms with Gasteiger partial charge < -0.3 is 13.6 Å². The first kappa shape index (κ1) is 28.6. The highest BCUT2D eigenvalue weighted by Crippen LogP contribution is 2.57. The van der Waals surface area contributed by atoms with Gasteiger partial charge in [0.1, 0.15) is 5.52 Å². The summed E-state index contributed by atoms with van der Waals surface area (Å²) in [6.45, 7) is 11.5. The van der Waals surface area contributed by atoms with E-state index in [-0.39, 0.29) is 16.9 Å². The fourth-order valence-electron chi connectivity index (χ4n) is 4.53. The summed E-state index contributed by atoms with van der Waals surface area (Å²) in [5, 5.41) is 14.2. The molecule has 3 aromatic carbocycles. The summed E-state index contributed by atoms with van der Waals surface area (Å²) in [5.41, 5.74) is 1.64. The van der Waals surface area contributed by atoms with Gasteiger partial charge in [-0.2, -0.15) is 0 Å². The van der Waals surface area contributed by atoms with Crippen LogP contribution in [0, 0.1) is 10.1 Å². The zero-order chi connectivity index (χ0) is 28.0. The number of nitro benzene ring substituents is 1. The summed E-state index contributed by atoms with van der Waals surface area (Å²) in [5.74, 6) is 0. The number of hydrogen-bond donors (Lipinski definition) is 0. The number of halogens is 2. The average molecular weight is 577 g/mol. The SMILES string of the molecule is CC(C)(C)OP(=O)(Cc1ccc(Cn2c3ccc(Cl)cc3c3cc(Cl)cc([N+](=O)[O-])c32)cc1)OC(C)(C)C. The van der Waals surface area contributed by atoms with E-state index in [1.807, 2.05) is 76.4 Å². The number of nitrogens with zero attached hydrogens (tertiary/aromatic N) is 2. The van der Waals surface area contributed by atoms with Gasteiger partial charge in [0.2, 0.25) is 0 Å². The maximum absolute atomic E-state index is 13.7. The van der Waals surface area contributed by atoms with Gasteiger partial charge in [-0.25, -0.2) is 0 Å². The van der Waals surface area contributed by atoms with Crippen LogP contribution in [0.25, 0.3) is 21.8 Å². The Bertz CT molecular complexity index is 1550. The molecule has 0 aliphatic carbocycles. The fourth-order valence-corrected chi connectivity index (χ4v) is 7.41. The molecule has 0 fully saturated rings. The summed E-state index contributed by atoms with van der Waals surface area (Å²) in [6.07, 6.45) is 0.125. The molecule has 0 amide bonds. The van der Waals surface area contributed by atoms with Gasteiger partial charge in [-0.1, -0.05) is 47.5 Å². The van der Waals surface area contributed by atoms with E-state index in [0.29, 0.717) is 22.5 Å². The Hall–Kier alpha value is -2.41. The van der Waals surface area contributed by atoms with Crippen LogP contribution in [0.3, 0.4) is 0 Å². The van der Waals surface area contributed by atoms with Crippen LogP contribution in [-0.2, 0) is 26.3 Å². The molecule has 0 unspecified atom stereocenters. The number of fused-ring (bicyclic) bond motifs is 3. The topological polar surface area (TPSA) is 83.6 Å². The monoisotopic (exact) mass is 576 g/mol. The van der Waals surface area contributed by atoms with Crippen LogP contribution in [-0.4, -0.2) is 20.7 Å². The third-order valence-electron chi connectivity index (χ3n) is 5.63. The van der Waals surface area contributed by atoms with Crippen LogP contribution >= 0.6 is 30.8 Å². The predicted octanol–water partition coefficient (Wildman–Crippen LogP) is 9.38. The van der Waals surface area contributed by atoms with Crippen molar-refractivity contribution in [3.8, 4) is 0 Å². The molecule has 4 rings (SSSR count). The molecular weight excluding hydrogens is 546 g/mol. The lowest BCUT2D eigenvalue weighted by Gasteiger charge is -2.32. The molecule has 0 bridgehead atoms. The van der Waals surface area contributed by atoms with Crippen molar-refractivity contribution in [2.24, 2.45) is 0 Å². The van der Waals surface area contributed by atoms with E-state index in [2.05, 4.69) is 0 Å². The predicted molar refractivity (Wildman–Crippen MR) is 155 cm³/mol. The molecule has 10 heteroatoms. The molecule has 38 heavy (non-hydrogen) atoms. The highest BCUT2D eigenvalue weighted by Gasteiger charge is 2.35. The van der Waals surface area contributed by atoms with E-state index < -0.39 is 23.7 Å². The second-order valence-corrected chi connectivity index (χ2v) is 14.1. The van der Waals surface area contributed by atoms with Crippen molar-refractivity contribution in [2.45, 2.75) is 65.5 Å². The van der Waals surface area contributed by atoms with Crippen molar-refractivity contribution in [2.75, 3.05) is 0 Å². The molecule has 202 valence electrons. The molecular formula is C28H31Cl2N2O5P. The Kier molecular flexibility index (Phi) is 7.74. The van der Waals surface area contributed by atoms with Crippen LogP contribution in [0.5, 0.6) is 0 Å². The van der Waals surface area contributed by atoms with Crippen molar-refractivity contribution >= 4 is 58.3 Å². The van der Waals surface area contributed by atoms with Crippen LogP contribution in [0.2, 0.25) is 10.0 Å². The Labute approximate surface area is 232 Å². The second kappa shape index (κ2) is 10.3. The van der Waals surface area contributed by atoms with E-state index in [1.165, 1.54) is 6.07 Å². The van der Waals surface area contributed by atoms with Gasteiger partial charge in [0.15, 0.2) is 0 Å². The normalized spacial score (nSPS) is 12.9. The lowest BCUT2D eigenvalue weighted by atomic mass is 10.1. The highest BCUT2D eigenvalue weighted by molar-refractivity contribution is 7.53. The van der Waals surface area contributed by atoms with E-state index in [1.54, 1.807) is 18.2 Å². The maximum atomic E-state index is 13.7. The summed E-state index contributed by atoms with van der Waals surface area (Å²) in [7, 11) is -3.45. The van der Waals surface area contributed by atoms with Gasteiger partial charge in [-0.05, 0) is 76.9 Å². The minimum Gasteiger partial charge on any atom is -0.330 e. The molecule has 0 aliphatic heterocycles. The minimum absolute atomic E-state index is 0.0731. The van der Waals surface area contributed by atoms with E-state index in [9.17, 15) is 14.7 Å². The summed E-state index contributed by atoms with van der Waals surface area (Å²) >= 11 is 12.5. The summed E-state index contributed by atoms with van der Waals surface area (Å²) in [6, 6.07) is 16.1. The Morgan fingerprint density at radius 1 is 0.842 bits per heavy atom. The molecule has 1 heterocycles. The molecule has 0 saturated carbocycles. The third-order valence-corrected chi connectivity index (χ3v) is 8.48. The zero-order valence-corrected chi connectivity index (χ0v) is 24.7. The van der Waals surface area contributed by atoms with Crippen LogP contribution in [0.15, 0.2) is 54.6 Å². The minimum atomic E-state index is -3.45. The van der Waals surface area contributed by atoms with Gasteiger partial charge in [0.05, 0.1) is 22.3 Å². The molecule has 0 saturated heterocycles. The molecule has 0 spiro atoms. The maximum Gasteiger partial charge on any atom is 0.336 e. The van der Waals surface area contributed by atoms with Crippen molar-refractivity contribution in [3.63, 3.8) is 0 Å². The van der Waals surface area contributed by atoms with Crippen molar-refractivity contribution in [3.05, 3.63) is 85.9 Å². The first-order valence-corrected chi connectivity index (χ1v) is 14.7. The van der Waals surface area contributed by atoms with Gasteiger partial charge >= 0.3 is 7.60 Å². The molecule has 0 N–H and O–H groups in total. The number of aromatic nitrogens is 1. The Morgan fingerprint density at radius 2 is 1.39 bits per heavy atom. The van der Waals surface area contributed by atoms with Crippen molar-refractivity contribution < 1.29 is 18.5 Å².